The van der Waals surface area contributed by atoms with Crippen molar-refractivity contribution in [2.75, 3.05) is 13.2 Å². The minimum absolute atomic E-state index is 0. The predicted octanol–water partition coefficient (Wildman–Crippen LogP) is -12.0. The van der Waals surface area contributed by atoms with E-state index >= 15 is 0 Å². The van der Waals surface area contributed by atoms with Crippen LogP contribution in [-0.4, -0.2) is 102 Å². The Labute approximate surface area is 256 Å². The molecule has 3 rings (SSSR count). The molecule has 0 saturated carbocycles. The number of aliphatic hydroxyl groups is 6. The van der Waals surface area contributed by atoms with Crippen LogP contribution in [0.4, 0.5) is 0 Å². The topological polar surface area (TPSA) is 303 Å². The van der Waals surface area contributed by atoms with Crippen molar-refractivity contribution in [2.24, 2.45) is 0 Å². The molecule has 38 heavy (non-hydrogen) atoms. The summed E-state index contributed by atoms with van der Waals surface area (Å²) in [6, 6.07) is 0.907. The smallest absolute Gasteiger partial charge is 0.789 e. The van der Waals surface area contributed by atoms with E-state index < -0.39 is 95.4 Å². The van der Waals surface area contributed by atoms with Crippen molar-refractivity contribution in [2.45, 2.75) is 55.2 Å². The number of phosphoric ester groups is 1. The molecule has 0 amide bonds. The summed E-state index contributed by atoms with van der Waals surface area (Å²) in [6.45, 7) is -2.05. The summed E-state index contributed by atoms with van der Waals surface area (Å²) in [5.41, 5.74) is -1.80. The van der Waals surface area contributed by atoms with Gasteiger partial charge in [-0.15, -0.1) is 0 Å². The molecular weight excluding hydrogens is 588 g/mol. The van der Waals surface area contributed by atoms with Gasteiger partial charge in [-0.25, -0.2) is 9.36 Å². The fourth-order valence-corrected chi connectivity index (χ4v) is 5.51. The van der Waals surface area contributed by atoms with E-state index in [1.54, 1.807) is 0 Å². The molecule has 206 valence electrons. The van der Waals surface area contributed by atoms with E-state index in [2.05, 4.69) is 8.83 Å². The number of aromatic amines is 1. The number of ether oxygens (including phenoxy) is 2. The second-order valence-corrected chi connectivity index (χ2v) is 10.5. The SMILES string of the molecule is O=c1ccn([C@@H]2O[C@H](COP(=O)(OC3O[C@H](CO)[C@H](O)[C@H](O)[C@H]3O)OP(=O)([O-])[O-])[C@@H](O)[C@H]2O)c(=O)[nH]1.[Na+].[Na+]. The minimum atomic E-state index is -6.13. The largest absolute Gasteiger partial charge is 1.00 e. The average molecular weight is 610 g/mol. The molecule has 3 heterocycles. The number of hydrogen-bond acceptors (Lipinski definition) is 17. The van der Waals surface area contributed by atoms with Gasteiger partial charge < -0.3 is 54.5 Å². The molecule has 7 N–H and O–H groups in total. The fourth-order valence-electron chi connectivity index (χ4n) is 3.37. The molecule has 0 bridgehead atoms. The number of nitrogens with zero attached hydrogens (tertiary/aromatic N) is 1. The maximum atomic E-state index is 12.9. The first-order chi connectivity index (χ1) is 16.7. The van der Waals surface area contributed by atoms with Crippen LogP contribution in [0.3, 0.4) is 0 Å². The van der Waals surface area contributed by atoms with Gasteiger partial charge in [0, 0.05) is 12.3 Å². The Morgan fingerprint density at radius 1 is 0.947 bits per heavy atom. The molecular formula is C15H22N2Na2O17P2. The van der Waals surface area contributed by atoms with Crippen LogP contribution in [0.5, 0.6) is 0 Å². The number of hydrogen-bond donors (Lipinski definition) is 7. The van der Waals surface area contributed by atoms with Gasteiger partial charge in [-0.05, 0) is 0 Å². The van der Waals surface area contributed by atoms with Crippen LogP contribution in [0.15, 0.2) is 21.9 Å². The van der Waals surface area contributed by atoms with Crippen LogP contribution in [0.1, 0.15) is 6.23 Å². The first-order valence-electron chi connectivity index (χ1n) is 9.96. The summed E-state index contributed by atoms with van der Waals surface area (Å²) in [5, 5.41) is 59.2. The Kier molecular flexibility index (Phi) is 14.2. The van der Waals surface area contributed by atoms with Crippen molar-refractivity contribution in [3.05, 3.63) is 33.1 Å². The van der Waals surface area contributed by atoms with Crippen LogP contribution in [-0.2, 0) is 32.0 Å². The Bertz CT molecular complexity index is 1130. The second-order valence-electron chi connectivity index (χ2n) is 7.64. The second kappa shape index (κ2) is 14.7. The minimum Gasteiger partial charge on any atom is -0.789 e. The van der Waals surface area contributed by atoms with Gasteiger partial charge in [0.1, 0.15) is 42.7 Å². The summed E-state index contributed by atoms with van der Waals surface area (Å²) in [7, 11) is -11.7. The van der Waals surface area contributed by atoms with Gasteiger partial charge in [0.25, 0.3) is 5.56 Å². The van der Waals surface area contributed by atoms with Crippen molar-refractivity contribution in [3.8, 4) is 0 Å². The van der Waals surface area contributed by atoms with Gasteiger partial charge in [0.2, 0.25) is 0 Å². The van der Waals surface area contributed by atoms with E-state index in [1.807, 2.05) is 4.98 Å². The molecule has 0 spiro atoms. The third-order valence-corrected chi connectivity index (χ3v) is 7.67. The Balaban J connectivity index is 0.00000361. The van der Waals surface area contributed by atoms with E-state index in [0.29, 0.717) is 4.57 Å². The van der Waals surface area contributed by atoms with Crippen molar-refractivity contribution >= 4 is 15.6 Å². The zero-order valence-electron chi connectivity index (χ0n) is 19.8. The van der Waals surface area contributed by atoms with E-state index in [9.17, 15) is 59.1 Å². The van der Waals surface area contributed by atoms with Crippen molar-refractivity contribution in [3.63, 3.8) is 0 Å². The molecule has 0 aromatic carbocycles. The molecule has 2 saturated heterocycles. The van der Waals surface area contributed by atoms with Gasteiger partial charge >= 0.3 is 72.6 Å². The Morgan fingerprint density at radius 2 is 1.55 bits per heavy atom. The van der Waals surface area contributed by atoms with Crippen LogP contribution in [0, 0.1) is 0 Å². The molecule has 2 aliphatic rings. The quantitative estimate of drug-likeness (QED) is 0.101. The van der Waals surface area contributed by atoms with Gasteiger partial charge in [-0.2, -0.15) is 0 Å². The van der Waals surface area contributed by atoms with Crippen LogP contribution in [0.2, 0.25) is 0 Å². The summed E-state index contributed by atoms with van der Waals surface area (Å²) >= 11 is 0. The zero-order valence-corrected chi connectivity index (χ0v) is 25.6. The van der Waals surface area contributed by atoms with Crippen LogP contribution in [0.25, 0.3) is 0 Å². The maximum Gasteiger partial charge on any atom is 1.00 e. The first-order valence-corrected chi connectivity index (χ1v) is 12.9. The first kappa shape index (κ1) is 36.6. The molecule has 10 atom stereocenters. The molecule has 1 aromatic heterocycles. The molecule has 2 aliphatic heterocycles. The summed E-state index contributed by atoms with van der Waals surface area (Å²) < 4.78 is 48.1. The number of rotatable bonds is 9. The molecule has 1 aromatic rings. The number of aliphatic hydroxyl groups excluding tert-OH is 6. The van der Waals surface area contributed by atoms with E-state index in [1.165, 1.54) is 0 Å². The normalized spacial score (nSPS) is 35.1. The molecule has 23 heteroatoms. The molecule has 0 aliphatic carbocycles. The number of H-pyrrole nitrogens is 1. The number of phosphoric acid groups is 2. The van der Waals surface area contributed by atoms with E-state index in [0.717, 1.165) is 12.3 Å². The van der Waals surface area contributed by atoms with Gasteiger partial charge in [-0.1, -0.05) is 0 Å². The monoisotopic (exact) mass is 610 g/mol. The number of aromatic nitrogens is 2. The van der Waals surface area contributed by atoms with Crippen molar-refractivity contribution in [1.29, 1.82) is 0 Å². The third kappa shape index (κ3) is 8.81. The predicted molar refractivity (Wildman–Crippen MR) is 104 cm³/mol. The van der Waals surface area contributed by atoms with Crippen molar-refractivity contribution in [1.82, 2.24) is 9.55 Å². The van der Waals surface area contributed by atoms with Gasteiger partial charge in [0.05, 0.1) is 21.0 Å². The van der Waals surface area contributed by atoms with Gasteiger partial charge in [-0.3, -0.25) is 27.7 Å². The van der Waals surface area contributed by atoms with E-state index in [4.69, 9.17) is 14.0 Å². The summed E-state index contributed by atoms with van der Waals surface area (Å²) in [6.07, 6.45) is -16.0. The van der Waals surface area contributed by atoms with Crippen molar-refractivity contribution < 1.29 is 132 Å². The molecule has 19 nitrogen and oxygen atoms in total. The Morgan fingerprint density at radius 3 is 2.11 bits per heavy atom. The summed E-state index contributed by atoms with van der Waals surface area (Å²) in [4.78, 5) is 47.3. The average Bonchev–Trinajstić information content (AvgIpc) is 3.05. The molecule has 0 radical (unpaired) electrons. The van der Waals surface area contributed by atoms with Crippen LogP contribution < -0.4 is 80.2 Å². The Hall–Kier alpha value is 0.620. The third-order valence-electron chi connectivity index (χ3n) is 5.14. The number of nitrogens with one attached hydrogen (secondary N) is 1. The summed E-state index contributed by atoms with van der Waals surface area (Å²) in [5.74, 6) is 0. The molecule has 2 unspecified atom stereocenters. The zero-order chi connectivity index (χ0) is 27.0. The van der Waals surface area contributed by atoms with Gasteiger partial charge in [0.15, 0.2) is 12.5 Å². The maximum absolute atomic E-state index is 12.9. The van der Waals surface area contributed by atoms with E-state index in [-0.39, 0.29) is 59.1 Å². The fraction of sp³-hybridized carbons (Fsp3) is 0.733. The standard InChI is InChI=1S/C15H24N2O17P2.2Na/c18-3-5-8(20)10(22)12(24)14(32-5)33-36(29,34-35(26,27)28)30-4-6-9(21)11(23)13(31-6)17-2-1-7(19)16-15(17)25;;/h1-2,5-6,8-14,18,20-24H,3-4H2,(H,16,19,25)(H2,26,27,28);;/q;2*+1/p-2/t5-,6-,8+,9-,10+,11-,12-,13-,14?,36?;;/m1../s1. The molecule has 2 fully saturated rings. The van der Waals surface area contributed by atoms with Crippen LogP contribution >= 0.6 is 15.6 Å².